The van der Waals surface area contributed by atoms with Gasteiger partial charge >= 0.3 is 6.18 Å². The molecule has 0 aliphatic carbocycles. The number of nitrogens with zero attached hydrogens (tertiary/aromatic N) is 8. The Morgan fingerprint density at radius 1 is 1.04 bits per heavy atom. The second kappa shape index (κ2) is 13.0. The molecule has 3 aromatic heterocycles. The molecule has 4 aromatic rings. The van der Waals surface area contributed by atoms with Crippen molar-refractivity contribution in [3.63, 3.8) is 0 Å². The van der Waals surface area contributed by atoms with Crippen LogP contribution >= 0.6 is 11.6 Å². The number of nitrogens with one attached hydrogen (secondary N) is 1. The van der Waals surface area contributed by atoms with Gasteiger partial charge in [-0.3, -0.25) is 19.0 Å². The van der Waals surface area contributed by atoms with Crippen molar-refractivity contribution in [3.8, 4) is 5.75 Å². The Labute approximate surface area is 292 Å². The Bertz CT molecular complexity index is 2110. The van der Waals surface area contributed by atoms with Crippen LogP contribution in [0.4, 0.5) is 34.9 Å². The zero-order chi connectivity index (χ0) is 36.4. The summed E-state index contributed by atoms with van der Waals surface area (Å²) in [6.45, 7) is 5.71. The van der Waals surface area contributed by atoms with Crippen LogP contribution < -0.4 is 20.7 Å². The van der Waals surface area contributed by atoms with Crippen LogP contribution in [0.5, 0.6) is 5.75 Å². The lowest BCUT2D eigenvalue weighted by Crippen LogP contribution is -2.51. The van der Waals surface area contributed by atoms with E-state index >= 15 is 0 Å². The van der Waals surface area contributed by atoms with Gasteiger partial charge < -0.3 is 29.9 Å². The average molecular weight is 734 g/mol. The van der Waals surface area contributed by atoms with E-state index in [4.69, 9.17) is 21.3 Å². The number of aryl methyl sites for hydroxylation is 1. The summed E-state index contributed by atoms with van der Waals surface area (Å²) in [5.41, 5.74) is -0.883. The van der Waals surface area contributed by atoms with E-state index < -0.39 is 52.4 Å². The molecule has 14 nitrogen and oxygen atoms in total. The minimum atomic E-state index is -4.62. The molecule has 0 radical (unpaired) electrons. The van der Waals surface area contributed by atoms with Crippen LogP contribution in [0, 0.1) is 12.7 Å². The predicted octanol–water partition coefficient (Wildman–Crippen LogP) is 3.60. The lowest BCUT2D eigenvalue weighted by atomic mass is 10.0. The summed E-state index contributed by atoms with van der Waals surface area (Å²) in [7, 11) is 0. The van der Waals surface area contributed by atoms with Crippen molar-refractivity contribution in [1.29, 1.82) is 0 Å². The van der Waals surface area contributed by atoms with Gasteiger partial charge in [0.25, 0.3) is 11.5 Å². The smallest absolute Gasteiger partial charge is 0.416 e. The van der Waals surface area contributed by atoms with E-state index in [1.807, 2.05) is 11.8 Å². The molecule has 1 aromatic carbocycles. The van der Waals surface area contributed by atoms with Crippen molar-refractivity contribution < 1.29 is 37.0 Å². The third kappa shape index (κ3) is 6.19. The fourth-order valence-electron chi connectivity index (χ4n) is 6.83. The van der Waals surface area contributed by atoms with E-state index in [9.17, 15) is 37.1 Å². The number of anilines is 3. The van der Waals surface area contributed by atoms with Gasteiger partial charge in [-0.1, -0.05) is 18.5 Å². The number of morpholine rings is 1. The molecule has 2 fully saturated rings. The number of benzene rings is 1. The molecule has 2 atom stereocenters. The van der Waals surface area contributed by atoms with E-state index in [0.717, 1.165) is 28.8 Å². The van der Waals surface area contributed by atoms with E-state index in [1.54, 1.807) is 9.47 Å². The normalized spacial score (nSPS) is 19.5. The van der Waals surface area contributed by atoms with Crippen LogP contribution in [-0.2, 0) is 15.7 Å². The molecule has 0 saturated carbocycles. The quantitative estimate of drug-likeness (QED) is 0.292. The highest BCUT2D eigenvalue weighted by atomic mass is 35.5. The van der Waals surface area contributed by atoms with Crippen LogP contribution in [0.15, 0.2) is 29.1 Å². The number of piperazine rings is 1. The fourth-order valence-corrected chi connectivity index (χ4v) is 7.06. The lowest BCUT2D eigenvalue weighted by Gasteiger charge is -2.36. The summed E-state index contributed by atoms with van der Waals surface area (Å²) >= 11 is 6.17. The highest BCUT2D eigenvalue weighted by molar-refractivity contribution is 6.33. The number of carbonyl (C=O) groups excluding carboxylic acids is 2. The number of alkyl halides is 3. The maximum atomic E-state index is 14.3. The number of aromatic hydroxyl groups is 1. The first-order valence-corrected chi connectivity index (χ1v) is 16.6. The van der Waals surface area contributed by atoms with Crippen molar-refractivity contribution in [2.24, 2.45) is 0 Å². The Kier molecular flexibility index (Phi) is 8.77. The van der Waals surface area contributed by atoms with Gasteiger partial charge in [-0.15, -0.1) is 5.10 Å². The molecule has 2 saturated heterocycles. The molecule has 2 N–H and O–H groups in total. The van der Waals surface area contributed by atoms with Gasteiger partial charge in [0.2, 0.25) is 17.6 Å². The standard InChI is InChI=1S/C32H32ClF4N9O5/c1-16-13-22(27(48)39-21-4-3-18(15-19(21)33)32(35,36)37)45-24(16)25(29(50)46-31(45)40-30(41-46)44-9-11-51-12-10-44)42-5-7-43(8-6-42)28(49)23-26(47)20(34)14-17(2)38-23/h3-4,14-16,22,47H,5-13H2,1-2H3,(H,39,48)/t16-,22-/m0/s1. The van der Waals surface area contributed by atoms with E-state index in [-0.39, 0.29) is 72.3 Å². The molecule has 3 aliphatic rings. The number of amides is 2. The van der Waals surface area contributed by atoms with Crippen LogP contribution in [0.1, 0.15) is 52.7 Å². The maximum Gasteiger partial charge on any atom is 0.416 e. The zero-order valence-electron chi connectivity index (χ0n) is 27.4. The van der Waals surface area contributed by atoms with Crippen LogP contribution in [-0.4, -0.2) is 98.5 Å². The summed E-state index contributed by atoms with van der Waals surface area (Å²) in [5, 5.41) is 17.1. The molecule has 0 spiro atoms. The minimum Gasteiger partial charge on any atom is -0.503 e. The number of carbonyl (C=O) groups is 2. The number of rotatable bonds is 5. The number of ether oxygens (including phenoxy) is 1. The van der Waals surface area contributed by atoms with Gasteiger partial charge in [0.1, 0.15) is 11.7 Å². The van der Waals surface area contributed by atoms with Gasteiger partial charge in [0, 0.05) is 50.9 Å². The zero-order valence-corrected chi connectivity index (χ0v) is 28.1. The highest BCUT2D eigenvalue weighted by Gasteiger charge is 2.41. The molecule has 0 bridgehead atoms. The lowest BCUT2D eigenvalue weighted by molar-refractivity contribution is -0.137. The number of pyridine rings is 1. The summed E-state index contributed by atoms with van der Waals surface area (Å²) < 4.78 is 62.2. The van der Waals surface area contributed by atoms with Gasteiger partial charge in [-0.25, -0.2) is 9.37 Å². The van der Waals surface area contributed by atoms with Crippen molar-refractivity contribution in [1.82, 2.24) is 29.0 Å². The van der Waals surface area contributed by atoms with E-state index in [0.29, 0.717) is 32.0 Å². The third-order valence-electron chi connectivity index (χ3n) is 9.36. The number of hydrogen-bond acceptors (Lipinski definition) is 10. The van der Waals surface area contributed by atoms with E-state index in [1.165, 1.54) is 11.8 Å². The average Bonchev–Trinajstić information content (AvgIpc) is 3.69. The Morgan fingerprint density at radius 2 is 1.75 bits per heavy atom. The van der Waals surface area contributed by atoms with Crippen LogP contribution in [0.25, 0.3) is 5.78 Å². The second-order valence-electron chi connectivity index (χ2n) is 12.7. The van der Waals surface area contributed by atoms with Crippen LogP contribution in [0.3, 0.4) is 0 Å². The molecule has 6 heterocycles. The minimum absolute atomic E-state index is 0.0154. The van der Waals surface area contributed by atoms with Crippen molar-refractivity contribution in [3.05, 3.63) is 68.1 Å². The maximum absolute atomic E-state index is 14.3. The summed E-state index contributed by atoms with van der Waals surface area (Å²) in [6.07, 6.45) is -4.40. The molecular weight excluding hydrogens is 702 g/mol. The summed E-state index contributed by atoms with van der Waals surface area (Å²) in [6, 6.07) is 2.72. The van der Waals surface area contributed by atoms with Crippen molar-refractivity contribution in [2.45, 2.75) is 38.4 Å². The largest absolute Gasteiger partial charge is 0.503 e. The second-order valence-corrected chi connectivity index (χ2v) is 13.1. The Morgan fingerprint density at radius 3 is 2.41 bits per heavy atom. The molecule has 0 unspecified atom stereocenters. The number of halogens is 5. The summed E-state index contributed by atoms with van der Waals surface area (Å²) in [5.74, 6) is -3.03. The predicted molar refractivity (Wildman–Crippen MR) is 176 cm³/mol. The van der Waals surface area contributed by atoms with Gasteiger partial charge in [0.15, 0.2) is 17.3 Å². The SMILES string of the molecule is Cc1cc(F)c(O)c(C(=O)N2CCN(c3c4n(c5nc(N6CCOCC6)nn5c3=O)[C@H](C(=O)Nc3ccc(C(F)(F)F)cc3Cl)C[C@@H]4C)CC2)n1. The highest BCUT2D eigenvalue weighted by Crippen LogP contribution is 2.42. The first-order chi connectivity index (χ1) is 24.2. The summed E-state index contributed by atoms with van der Waals surface area (Å²) in [4.78, 5) is 55.3. The molecule has 2 amide bonds. The van der Waals surface area contributed by atoms with Crippen LogP contribution in [0.2, 0.25) is 5.02 Å². The topological polar surface area (TPSA) is 150 Å². The Balaban J connectivity index is 1.25. The van der Waals surface area contributed by atoms with Gasteiger partial charge in [0.05, 0.1) is 35.2 Å². The third-order valence-corrected chi connectivity index (χ3v) is 9.67. The Hall–Kier alpha value is -4.97. The van der Waals surface area contributed by atoms with Gasteiger partial charge in [-0.05, 0) is 37.6 Å². The molecule has 7 rings (SSSR count). The van der Waals surface area contributed by atoms with E-state index in [2.05, 4.69) is 15.4 Å². The molecular formula is C32H32ClF4N9O5. The monoisotopic (exact) mass is 733 g/mol. The molecule has 51 heavy (non-hydrogen) atoms. The molecule has 3 aliphatic heterocycles. The number of aromatic nitrogens is 5. The number of hydrogen-bond donors (Lipinski definition) is 2. The fraction of sp³-hybridized carbons (Fsp3) is 0.438. The first kappa shape index (κ1) is 34.5. The molecule has 19 heteroatoms. The van der Waals surface area contributed by atoms with Crippen molar-refractivity contribution in [2.75, 3.05) is 67.6 Å². The van der Waals surface area contributed by atoms with Crippen molar-refractivity contribution >= 4 is 46.5 Å². The molecule has 270 valence electrons. The first-order valence-electron chi connectivity index (χ1n) is 16.2. The van der Waals surface area contributed by atoms with Gasteiger partial charge in [-0.2, -0.15) is 22.7 Å². The number of fused-ring (bicyclic) bond motifs is 3.